The topological polar surface area (TPSA) is 73.9 Å². The number of nitrogens with one attached hydrogen (secondary N) is 1. The lowest BCUT2D eigenvalue weighted by atomic mass is 9.95. The third kappa shape index (κ3) is 4.95. The summed E-state index contributed by atoms with van der Waals surface area (Å²) in [5, 5.41) is 3.44. The van der Waals surface area contributed by atoms with E-state index in [4.69, 9.17) is 25.8 Å². The monoisotopic (exact) mass is 403 g/mol. The van der Waals surface area contributed by atoms with Crippen LogP contribution in [0.2, 0.25) is 5.02 Å². The highest BCUT2D eigenvalue weighted by atomic mass is 35.5. The number of fused-ring (bicyclic) bond motifs is 1. The maximum atomic E-state index is 12.3. The zero-order valence-electron chi connectivity index (χ0n) is 15.7. The van der Waals surface area contributed by atoms with Crippen LogP contribution in [0.25, 0.3) is 0 Å². The summed E-state index contributed by atoms with van der Waals surface area (Å²) in [5.41, 5.74) is 1.24. The molecule has 6 nitrogen and oxygen atoms in total. The van der Waals surface area contributed by atoms with Gasteiger partial charge in [0.1, 0.15) is 13.2 Å². The number of esters is 1. The zero-order valence-corrected chi connectivity index (χ0v) is 16.5. The molecule has 3 rings (SSSR count). The van der Waals surface area contributed by atoms with Crippen molar-refractivity contribution in [2.45, 2.75) is 19.9 Å². The highest BCUT2D eigenvalue weighted by Crippen LogP contribution is 2.34. The van der Waals surface area contributed by atoms with Gasteiger partial charge in [-0.05, 0) is 47.9 Å². The average Bonchev–Trinajstić information content (AvgIpc) is 2.70. The third-order valence-corrected chi connectivity index (χ3v) is 4.57. The predicted octanol–water partition coefficient (Wildman–Crippen LogP) is 3.78. The second-order valence-corrected chi connectivity index (χ2v) is 7.21. The van der Waals surface area contributed by atoms with Crippen LogP contribution in [-0.4, -0.2) is 31.7 Å². The number of carbonyl (C=O) groups is 2. The van der Waals surface area contributed by atoms with E-state index in [0.29, 0.717) is 35.3 Å². The van der Waals surface area contributed by atoms with Crippen LogP contribution in [0.4, 0.5) is 0 Å². The highest BCUT2D eigenvalue weighted by molar-refractivity contribution is 6.30. The third-order valence-electron chi connectivity index (χ3n) is 4.32. The van der Waals surface area contributed by atoms with Crippen LogP contribution < -0.4 is 14.8 Å². The number of rotatable bonds is 6. The SMILES string of the molecule is CC(C)[C@@H](NC(=O)COC(=O)c1ccc(Cl)cc1)c1ccc2c(c1)OCCO2. The molecule has 7 heteroatoms. The average molecular weight is 404 g/mol. The molecule has 2 aromatic carbocycles. The first-order valence-electron chi connectivity index (χ1n) is 9.05. The summed E-state index contributed by atoms with van der Waals surface area (Å²) in [6.45, 7) is 4.66. The van der Waals surface area contributed by atoms with Crippen LogP contribution in [0.15, 0.2) is 42.5 Å². The normalized spacial score (nSPS) is 13.7. The van der Waals surface area contributed by atoms with E-state index in [9.17, 15) is 9.59 Å². The van der Waals surface area contributed by atoms with E-state index in [-0.39, 0.29) is 24.5 Å². The Morgan fingerprint density at radius 3 is 2.43 bits per heavy atom. The smallest absolute Gasteiger partial charge is 0.338 e. The number of amides is 1. The van der Waals surface area contributed by atoms with E-state index in [1.807, 2.05) is 32.0 Å². The summed E-state index contributed by atoms with van der Waals surface area (Å²) < 4.78 is 16.3. The van der Waals surface area contributed by atoms with Crippen molar-refractivity contribution in [3.05, 3.63) is 58.6 Å². The largest absolute Gasteiger partial charge is 0.486 e. The molecule has 0 spiro atoms. The molecule has 0 aliphatic carbocycles. The lowest BCUT2D eigenvalue weighted by molar-refractivity contribution is -0.125. The lowest BCUT2D eigenvalue weighted by Crippen LogP contribution is -2.35. The molecule has 148 valence electrons. The van der Waals surface area contributed by atoms with Crippen LogP contribution in [0.1, 0.15) is 35.8 Å². The summed E-state index contributed by atoms with van der Waals surface area (Å²) in [6.07, 6.45) is 0. The van der Waals surface area contributed by atoms with Crippen LogP contribution in [-0.2, 0) is 9.53 Å². The Morgan fingerprint density at radius 1 is 1.07 bits per heavy atom. The number of hydrogen-bond acceptors (Lipinski definition) is 5. The van der Waals surface area contributed by atoms with Gasteiger partial charge in [-0.25, -0.2) is 4.79 Å². The minimum Gasteiger partial charge on any atom is -0.486 e. The Balaban J connectivity index is 1.61. The molecule has 0 unspecified atom stereocenters. The fourth-order valence-electron chi connectivity index (χ4n) is 2.90. The van der Waals surface area contributed by atoms with Gasteiger partial charge in [0.2, 0.25) is 0 Å². The predicted molar refractivity (Wildman–Crippen MR) is 105 cm³/mol. The first-order valence-corrected chi connectivity index (χ1v) is 9.43. The van der Waals surface area contributed by atoms with E-state index in [0.717, 1.165) is 5.56 Å². The fraction of sp³-hybridized carbons (Fsp3) is 0.333. The number of benzene rings is 2. The van der Waals surface area contributed by atoms with Gasteiger partial charge in [0.05, 0.1) is 11.6 Å². The van der Waals surface area contributed by atoms with E-state index in [2.05, 4.69) is 5.32 Å². The summed E-state index contributed by atoms with van der Waals surface area (Å²) in [6, 6.07) is 11.6. The van der Waals surface area contributed by atoms with Gasteiger partial charge in [-0.3, -0.25) is 4.79 Å². The summed E-state index contributed by atoms with van der Waals surface area (Å²) in [5.74, 6) is 0.528. The Bertz CT molecular complexity index is 850. The van der Waals surface area contributed by atoms with Crippen LogP contribution >= 0.6 is 11.6 Å². The molecule has 0 fully saturated rings. The molecule has 1 aliphatic rings. The Kier molecular flexibility index (Phi) is 6.41. The van der Waals surface area contributed by atoms with Crippen molar-refractivity contribution in [2.75, 3.05) is 19.8 Å². The van der Waals surface area contributed by atoms with Gasteiger partial charge in [0.15, 0.2) is 18.1 Å². The van der Waals surface area contributed by atoms with Crippen molar-refractivity contribution in [1.29, 1.82) is 0 Å². The van der Waals surface area contributed by atoms with E-state index < -0.39 is 5.97 Å². The van der Waals surface area contributed by atoms with E-state index >= 15 is 0 Å². The van der Waals surface area contributed by atoms with Crippen LogP contribution in [0.3, 0.4) is 0 Å². The van der Waals surface area contributed by atoms with Gasteiger partial charge in [-0.1, -0.05) is 31.5 Å². The van der Waals surface area contributed by atoms with Crippen molar-refractivity contribution in [3.63, 3.8) is 0 Å². The summed E-state index contributed by atoms with van der Waals surface area (Å²) >= 11 is 5.80. The summed E-state index contributed by atoms with van der Waals surface area (Å²) in [4.78, 5) is 24.4. The molecule has 0 bridgehead atoms. The second kappa shape index (κ2) is 8.97. The van der Waals surface area contributed by atoms with Gasteiger partial charge in [0, 0.05) is 5.02 Å². The van der Waals surface area contributed by atoms with Gasteiger partial charge in [-0.15, -0.1) is 0 Å². The zero-order chi connectivity index (χ0) is 20.1. The molecule has 1 N–H and O–H groups in total. The molecule has 0 radical (unpaired) electrons. The van der Waals surface area contributed by atoms with Gasteiger partial charge in [-0.2, -0.15) is 0 Å². The molecular weight excluding hydrogens is 382 g/mol. The maximum absolute atomic E-state index is 12.3. The van der Waals surface area contributed by atoms with Crippen molar-refractivity contribution in [3.8, 4) is 11.5 Å². The standard InChI is InChI=1S/C21H22ClNO5/c1-13(2)20(15-5-8-17-18(11-15)27-10-9-26-17)23-19(24)12-28-21(25)14-3-6-16(22)7-4-14/h3-8,11,13,20H,9-10,12H2,1-2H3,(H,23,24)/t20-/m1/s1. The van der Waals surface area contributed by atoms with Gasteiger partial charge < -0.3 is 19.5 Å². The van der Waals surface area contributed by atoms with Crippen molar-refractivity contribution in [1.82, 2.24) is 5.32 Å². The van der Waals surface area contributed by atoms with Crippen molar-refractivity contribution < 1.29 is 23.8 Å². The lowest BCUT2D eigenvalue weighted by Gasteiger charge is -2.25. The Hall–Kier alpha value is -2.73. The van der Waals surface area contributed by atoms with Crippen molar-refractivity contribution >= 4 is 23.5 Å². The minimum absolute atomic E-state index is 0.124. The first-order chi connectivity index (χ1) is 13.4. The molecule has 0 aromatic heterocycles. The number of ether oxygens (including phenoxy) is 3. The van der Waals surface area contributed by atoms with Gasteiger partial charge >= 0.3 is 5.97 Å². The molecule has 1 aliphatic heterocycles. The number of hydrogen-bond donors (Lipinski definition) is 1. The highest BCUT2D eigenvalue weighted by Gasteiger charge is 2.22. The van der Waals surface area contributed by atoms with E-state index in [1.54, 1.807) is 24.3 Å². The summed E-state index contributed by atoms with van der Waals surface area (Å²) in [7, 11) is 0. The first kappa shape index (κ1) is 20.0. The van der Waals surface area contributed by atoms with Gasteiger partial charge in [0.25, 0.3) is 5.91 Å². The van der Waals surface area contributed by atoms with Crippen LogP contribution in [0, 0.1) is 5.92 Å². The molecular formula is C21H22ClNO5. The second-order valence-electron chi connectivity index (χ2n) is 6.78. The molecule has 1 amide bonds. The minimum atomic E-state index is -0.577. The quantitative estimate of drug-likeness (QED) is 0.743. The fourth-order valence-corrected chi connectivity index (χ4v) is 3.03. The Morgan fingerprint density at radius 2 is 1.75 bits per heavy atom. The van der Waals surface area contributed by atoms with Crippen molar-refractivity contribution in [2.24, 2.45) is 5.92 Å². The molecule has 28 heavy (non-hydrogen) atoms. The maximum Gasteiger partial charge on any atom is 0.338 e. The van der Waals surface area contributed by atoms with Crippen LogP contribution in [0.5, 0.6) is 11.5 Å². The molecule has 1 heterocycles. The Labute approximate surface area is 168 Å². The van der Waals surface area contributed by atoms with E-state index in [1.165, 1.54) is 0 Å². The number of carbonyl (C=O) groups excluding carboxylic acids is 2. The molecule has 2 aromatic rings. The number of halogens is 1. The molecule has 0 saturated heterocycles. The molecule has 1 atom stereocenters. The molecule has 0 saturated carbocycles.